The van der Waals surface area contributed by atoms with Gasteiger partial charge in [-0.2, -0.15) is 10.2 Å². The van der Waals surface area contributed by atoms with E-state index in [4.69, 9.17) is 9.72 Å². The summed E-state index contributed by atoms with van der Waals surface area (Å²) in [6.45, 7) is 4.95. The van der Waals surface area contributed by atoms with Crippen molar-refractivity contribution in [2.24, 2.45) is 5.92 Å². The molecule has 3 N–H and O–H groups in total. The second-order valence-corrected chi connectivity index (χ2v) is 19.1. The molecule has 19 heteroatoms. The molecule has 5 amide bonds. The SMILES string of the molecule is O=C1CCC(N2C(=O)c3cccc(NCCc4ccc(C5CCN(CC6CCC(n7cc(NC(=O)c8cnn9ccc(N%10C[C@H]%11C[C@@H]%10CO%11)nc89)c(C(F)F)n7)CC6)CC5)cc4)c3C2=O)C(=O)N1. The average Bonchev–Trinajstić information content (AvgIpc) is 4.20. The summed E-state index contributed by atoms with van der Waals surface area (Å²) in [5, 5.41) is 16.9. The van der Waals surface area contributed by atoms with Gasteiger partial charge in [-0.15, -0.1) is 0 Å². The molecule has 3 atom stereocenters. The van der Waals surface area contributed by atoms with E-state index in [0.29, 0.717) is 42.7 Å². The second kappa shape index (κ2) is 18.1. The highest BCUT2D eigenvalue weighted by molar-refractivity contribution is 6.25. The third kappa shape index (κ3) is 8.39. The van der Waals surface area contributed by atoms with Crippen LogP contribution in [-0.2, 0) is 20.7 Å². The lowest BCUT2D eigenvalue weighted by Crippen LogP contribution is -2.54. The predicted molar refractivity (Wildman–Crippen MR) is 245 cm³/mol. The number of alkyl halides is 2. The summed E-state index contributed by atoms with van der Waals surface area (Å²) >= 11 is 0. The lowest BCUT2D eigenvalue weighted by Gasteiger charge is -2.36. The van der Waals surface area contributed by atoms with Crippen molar-refractivity contribution >= 4 is 52.4 Å². The zero-order chi connectivity index (χ0) is 46.6. The quantitative estimate of drug-likeness (QED) is 0.121. The van der Waals surface area contributed by atoms with E-state index in [1.54, 1.807) is 35.3 Å². The van der Waals surface area contributed by atoms with Crippen molar-refractivity contribution in [3.05, 3.63) is 101 Å². The van der Waals surface area contributed by atoms with E-state index in [-0.39, 0.29) is 53.4 Å². The number of likely N-dealkylation sites (tertiary alicyclic amines) is 1. The van der Waals surface area contributed by atoms with Gasteiger partial charge < -0.3 is 25.2 Å². The van der Waals surface area contributed by atoms with Crippen LogP contribution in [0.5, 0.6) is 0 Å². The van der Waals surface area contributed by atoms with Gasteiger partial charge in [0.15, 0.2) is 11.3 Å². The first-order chi connectivity index (χ1) is 33.0. The number of anilines is 3. The van der Waals surface area contributed by atoms with Crippen molar-refractivity contribution in [1.82, 2.24) is 39.5 Å². The number of hydrogen-bond donors (Lipinski definition) is 3. The first-order valence-corrected chi connectivity index (χ1v) is 23.9. The monoisotopic (exact) mass is 929 g/mol. The molecule has 1 saturated carbocycles. The Balaban J connectivity index is 0.636. The van der Waals surface area contributed by atoms with Crippen molar-refractivity contribution in [1.29, 1.82) is 0 Å². The summed E-state index contributed by atoms with van der Waals surface area (Å²) in [4.78, 5) is 74.9. The summed E-state index contributed by atoms with van der Waals surface area (Å²) in [6.07, 6.45) is 9.57. The van der Waals surface area contributed by atoms with Crippen LogP contribution < -0.4 is 20.9 Å². The number of hydrogen-bond acceptors (Lipinski definition) is 12. The van der Waals surface area contributed by atoms with Crippen LogP contribution in [0.15, 0.2) is 67.1 Å². The molecule has 3 aromatic heterocycles. The maximum absolute atomic E-state index is 14.3. The van der Waals surface area contributed by atoms with E-state index in [2.05, 4.69) is 60.2 Å². The van der Waals surface area contributed by atoms with Gasteiger partial charge in [0, 0.05) is 44.1 Å². The zero-order valence-corrected chi connectivity index (χ0v) is 37.5. The minimum Gasteiger partial charge on any atom is -0.384 e. The average molecular weight is 930 g/mol. The molecule has 0 spiro atoms. The Morgan fingerprint density at radius 2 is 1.72 bits per heavy atom. The summed E-state index contributed by atoms with van der Waals surface area (Å²) < 4.78 is 37.5. The lowest BCUT2D eigenvalue weighted by molar-refractivity contribution is -0.136. The number of nitrogens with zero attached hydrogens (tertiary/aromatic N) is 8. The molecule has 1 unspecified atom stereocenters. The number of carbonyl (C=O) groups is 5. The van der Waals surface area contributed by atoms with Gasteiger partial charge >= 0.3 is 0 Å². The number of morpholine rings is 1. The maximum Gasteiger partial charge on any atom is 0.284 e. The highest BCUT2D eigenvalue weighted by atomic mass is 19.3. The summed E-state index contributed by atoms with van der Waals surface area (Å²) in [5.74, 6) is -0.953. The molecule has 8 heterocycles. The molecular weight excluding hydrogens is 877 g/mol. The number of rotatable bonds is 13. The highest BCUT2D eigenvalue weighted by Crippen LogP contribution is 2.38. The number of fused-ring (bicyclic) bond motifs is 4. The van der Waals surface area contributed by atoms with Crippen LogP contribution in [0.2, 0.25) is 0 Å². The van der Waals surface area contributed by atoms with Gasteiger partial charge in [0.2, 0.25) is 11.8 Å². The summed E-state index contributed by atoms with van der Waals surface area (Å²) in [5.41, 5.74) is 3.61. The zero-order valence-electron chi connectivity index (χ0n) is 37.5. The standard InChI is InChI=1S/C49H53F2N11O6/c50-44(51)43-38(54-46(64)36-23-53-60-21-17-40(55-45(36)60)59-25-34-22-33(59)27-68-34)26-61(57-43)32-10-6-29(7-11-32)24-58-19-15-31(16-20-58)30-8-4-28(5-9-30)14-18-52-37-3-1-2-35-42(37)49(67)62(48(35)66)39-12-13-41(63)56-47(39)65/h1-5,8-9,17,21,23,26,29,31-34,39,44,52H,6-7,10-16,18-20,22,24-25,27H2,(H,54,64)(H,56,63,65)/t29?,32?,33-,34-,39?/m1/s1. The van der Waals surface area contributed by atoms with Crippen LogP contribution in [-0.4, -0.2) is 121 Å². The molecule has 1 aliphatic carbocycles. The molecule has 5 aliphatic heterocycles. The molecule has 2 aromatic carbocycles. The number of aromatic nitrogens is 5. The minimum atomic E-state index is -2.86. The van der Waals surface area contributed by atoms with Crippen molar-refractivity contribution in [3.8, 4) is 0 Å². The van der Waals surface area contributed by atoms with E-state index in [1.165, 1.54) is 16.3 Å². The molecule has 6 aliphatic rings. The fraction of sp³-hybridized carbons (Fsp3) is 0.469. The van der Waals surface area contributed by atoms with Gasteiger partial charge in [-0.3, -0.25) is 38.9 Å². The van der Waals surface area contributed by atoms with E-state index in [0.717, 1.165) is 87.4 Å². The third-order valence-corrected chi connectivity index (χ3v) is 15.0. The van der Waals surface area contributed by atoms with E-state index >= 15 is 0 Å². The van der Waals surface area contributed by atoms with Crippen LogP contribution in [0.3, 0.4) is 0 Å². The Kier molecular flexibility index (Phi) is 11.7. The predicted octanol–water partition coefficient (Wildman–Crippen LogP) is 5.76. The largest absolute Gasteiger partial charge is 0.384 e. The number of imide groups is 2. The summed E-state index contributed by atoms with van der Waals surface area (Å²) in [6, 6.07) is 14.9. The molecule has 5 aromatic rings. The third-order valence-electron chi connectivity index (χ3n) is 15.0. The first-order valence-electron chi connectivity index (χ1n) is 23.9. The van der Waals surface area contributed by atoms with Gasteiger partial charge in [0.25, 0.3) is 24.1 Å². The molecule has 68 heavy (non-hydrogen) atoms. The smallest absolute Gasteiger partial charge is 0.284 e. The molecule has 5 fully saturated rings. The number of ether oxygens (including phenoxy) is 1. The number of benzene rings is 2. The normalized spacial score (nSPS) is 24.4. The van der Waals surface area contributed by atoms with E-state index in [1.807, 2.05) is 6.07 Å². The number of nitrogens with one attached hydrogen (secondary N) is 3. The molecule has 11 rings (SSSR count). The maximum atomic E-state index is 14.3. The van der Waals surface area contributed by atoms with Crippen molar-refractivity contribution < 1.29 is 37.5 Å². The summed E-state index contributed by atoms with van der Waals surface area (Å²) in [7, 11) is 0. The van der Waals surface area contributed by atoms with Gasteiger partial charge in [0.1, 0.15) is 17.4 Å². The number of carbonyl (C=O) groups excluding carboxylic acids is 5. The Labute approximate surface area is 390 Å². The second-order valence-electron chi connectivity index (χ2n) is 19.1. The molecule has 354 valence electrons. The van der Waals surface area contributed by atoms with Gasteiger partial charge in [-0.1, -0.05) is 30.3 Å². The van der Waals surface area contributed by atoms with Crippen LogP contribution in [0.25, 0.3) is 5.65 Å². The fourth-order valence-electron chi connectivity index (χ4n) is 11.3. The molecule has 0 radical (unpaired) electrons. The Morgan fingerprint density at radius 1 is 0.912 bits per heavy atom. The van der Waals surface area contributed by atoms with Crippen LogP contribution >= 0.6 is 0 Å². The Bertz CT molecular complexity index is 2780. The topological polar surface area (TPSA) is 188 Å². The van der Waals surface area contributed by atoms with Crippen molar-refractivity contribution in [2.75, 3.05) is 54.9 Å². The van der Waals surface area contributed by atoms with Gasteiger partial charge in [0.05, 0.1) is 47.8 Å². The molecular formula is C49H53F2N11O6. The Hall–Kier alpha value is -6.60. The Morgan fingerprint density at radius 3 is 2.46 bits per heavy atom. The fourth-order valence-corrected chi connectivity index (χ4v) is 11.3. The van der Waals surface area contributed by atoms with Crippen molar-refractivity contribution in [2.45, 2.75) is 101 Å². The highest BCUT2D eigenvalue weighted by Gasteiger charge is 2.46. The van der Waals surface area contributed by atoms with E-state index < -0.39 is 47.7 Å². The number of piperidine rings is 2. The van der Waals surface area contributed by atoms with E-state index in [9.17, 15) is 32.8 Å². The lowest BCUT2D eigenvalue weighted by atomic mass is 9.84. The number of amides is 5. The molecule has 17 nitrogen and oxygen atoms in total. The first kappa shape index (κ1) is 43.9. The van der Waals surface area contributed by atoms with Crippen LogP contribution in [0.1, 0.15) is 124 Å². The molecule has 4 saturated heterocycles. The number of halogens is 2. The van der Waals surface area contributed by atoms with Crippen LogP contribution in [0.4, 0.5) is 26.0 Å². The minimum absolute atomic E-state index is 0.00169. The van der Waals surface area contributed by atoms with Crippen molar-refractivity contribution in [3.63, 3.8) is 0 Å². The van der Waals surface area contributed by atoms with Crippen LogP contribution in [0, 0.1) is 5.92 Å². The van der Waals surface area contributed by atoms with Gasteiger partial charge in [-0.25, -0.2) is 18.3 Å². The van der Waals surface area contributed by atoms with Gasteiger partial charge in [-0.05, 0) is 112 Å². The molecule has 2 bridgehead atoms.